The molecule has 1 N–H and O–H groups in total. The van der Waals surface area contributed by atoms with E-state index in [4.69, 9.17) is 18.9 Å². The summed E-state index contributed by atoms with van der Waals surface area (Å²) < 4.78 is 22.2. The molecule has 192 valence electrons. The molecular weight excluding hydrogens is 480 g/mol. The van der Waals surface area contributed by atoms with Crippen molar-refractivity contribution in [3.8, 4) is 34.1 Å². The van der Waals surface area contributed by atoms with Gasteiger partial charge in [-0.25, -0.2) is 0 Å². The number of methoxy groups -OCH3 is 4. The van der Waals surface area contributed by atoms with Crippen molar-refractivity contribution in [2.24, 2.45) is 0 Å². The van der Waals surface area contributed by atoms with Gasteiger partial charge < -0.3 is 24.3 Å². The molecule has 1 atom stereocenters. The van der Waals surface area contributed by atoms with Gasteiger partial charge >= 0.3 is 0 Å². The molecule has 0 radical (unpaired) electrons. The molecule has 3 aromatic rings. The molecule has 0 bridgehead atoms. The Kier molecular flexibility index (Phi) is 7.28. The molecule has 1 amide bonds. The number of non-ortho nitro benzene ring substituents is 1. The van der Waals surface area contributed by atoms with Gasteiger partial charge in [0.1, 0.15) is 0 Å². The standard InChI is InChI=1S/C27H26N2O8/c1-34-22-12-10-18-19(14-21(22)30)20(28-27(31)15-5-8-17(9-6-15)29(32)33)11-7-16-13-23(35-2)25(36-3)26(37-4)24(16)18/h5-6,8-10,12-14,20H,7,11H2,1-4H3,(H,28,31)/t20-/m1/s1. The highest BCUT2D eigenvalue weighted by Gasteiger charge is 2.30. The molecule has 0 fully saturated rings. The zero-order valence-corrected chi connectivity index (χ0v) is 20.8. The first-order valence-corrected chi connectivity index (χ1v) is 11.4. The monoisotopic (exact) mass is 506 g/mol. The largest absolute Gasteiger partial charge is 0.493 e. The molecule has 10 heteroatoms. The minimum atomic E-state index is -0.559. The summed E-state index contributed by atoms with van der Waals surface area (Å²) in [5, 5.41) is 14.0. The lowest BCUT2D eigenvalue weighted by molar-refractivity contribution is -0.384. The Bertz CT molecular complexity index is 1420. The number of carbonyl (C=O) groups excluding carboxylic acids is 1. The summed E-state index contributed by atoms with van der Waals surface area (Å²) in [6, 6.07) is 11.4. The average molecular weight is 507 g/mol. The lowest BCUT2D eigenvalue weighted by Gasteiger charge is -2.20. The maximum absolute atomic E-state index is 13.2. The molecule has 0 aliphatic heterocycles. The molecular formula is C27H26N2O8. The van der Waals surface area contributed by atoms with E-state index in [1.54, 1.807) is 12.1 Å². The van der Waals surface area contributed by atoms with Gasteiger partial charge in [-0.1, -0.05) is 6.07 Å². The average Bonchev–Trinajstić information content (AvgIpc) is 3.15. The summed E-state index contributed by atoms with van der Waals surface area (Å²) in [4.78, 5) is 36.5. The van der Waals surface area contributed by atoms with Crippen molar-refractivity contribution < 1.29 is 28.7 Å². The Morgan fingerprint density at radius 1 is 0.919 bits per heavy atom. The van der Waals surface area contributed by atoms with Gasteiger partial charge in [0, 0.05) is 23.3 Å². The zero-order chi connectivity index (χ0) is 26.7. The number of fused-ring (bicyclic) bond motifs is 3. The zero-order valence-electron chi connectivity index (χ0n) is 20.8. The molecule has 0 spiro atoms. The van der Waals surface area contributed by atoms with Crippen LogP contribution in [-0.2, 0) is 6.42 Å². The molecule has 0 heterocycles. The smallest absolute Gasteiger partial charge is 0.269 e. The predicted molar refractivity (Wildman–Crippen MR) is 136 cm³/mol. The Hall–Kier alpha value is -4.60. The topological polar surface area (TPSA) is 126 Å². The van der Waals surface area contributed by atoms with Crippen LogP contribution in [0, 0.1) is 10.1 Å². The van der Waals surface area contributed by atoms with Gasteiger partial charge in [0.2, 0.25) is 11.2 Å². The molecule has 0 saturated carbocycles. The second kappa shape index (κ2) is 10.6. The summed E-state index contributed by atoms with van der Waals surface area (Å²) in [6.45, 7) is 0. The molecule has 4 rings (SSSR count). The van der Waals surface area contributed by atoms with Crippen LogP contribution >= 0.6 is 0 Å². The number of ether oxygens (including phenoxy) is 4. The number of benzene rings is 2. The number of nitrogens with zero attached hydrogens (tertiary/aromatic N) is 1. The third-order valence-corrected chi connectivity index (χ3v) is 6.37. The number of hydrogen-bond acceptors (Lipinski definition) is 8. The quantitative estimate of drug-likeness (QED) is 0.375. The van der Waals surface area contributed by atoms with Gasteiger partial charge in [0.05, 0.1) is 39.4 Å². The first-order valence-electron chi connectivity index (χ1n) is 11.4. The van der Waals surface area contributed by atoms with Gasteiger partial charge in [0.15, 0.2) is 17.2 Å². The van der Waals surface area contributed by atoms with E-state index >= 15 is 0 Å². The number of nitro groups is 1. The van der Waals surface area contributed by atoms with Crippen molar-refractivity contribution in [3.63, 3.8) is 0 Å². The number of amides is 1. The Morgan fingerprint density at radius 3 is 2.19 bits per heavy atom. The number of nitro benzene ring substituents is 1. The fourth-order valence-electron chi connectivity index (χ4n) is 4.59. The normalized spacial score (nSPS) is 13.9. The van der Waals surface area contributed by atoms with E-state index in [1.807, 2.05) is 6.07 Å². The molecule has 10 nitrogen and oxygen atoms in total. The maximum Gasteiger partial charge on any atom is 0.269 e. The van der Waals surface area contributed by atoms with E-state index in [2.05, 4.69) is 5.32 Å². The van der Waals surface area contributed by atoms with E-state index < -0.39 is 16.9 Å². The Labute approximate surface area is 212 Å². The highest BCUT2D eigenvalue weighted by atomic mass is 16.6. The summed E-state index contributed by atoms with van der Waals surface area (Å²) in [5.41, 5.74) is 2.65. The first kappa shape index (κ1) is 25.5. The molecule has 1 aliphatic carbocycles. The molecule has 37 heavy (non-hydrogen) atoms. The Balaban J connectivity index is 1.88. The van der Waals surface area contributed by atoms with Crippen LogP contribution in [0.1, 0.15) is 33.9 Å². The summed E-state index contributed by atoms with van der Waals surface area (Å²) >= 11 is 0. The summed E-state index contributed by atoms with van der Waals surface area (Å²) in [5.74, 6) is 1.07. The van der Waals surface area contributed by atoms with Crippen molar-refractivity contribution in [1.29, 1.82) is 0 Å². The van der Waals surface area contributed by atoms with Crippen molar-refractivity contribution in [1.82, 2.24) is 5.32 Å². The number of rotatable bonds is 7. The highest BCUT2D eigenvalue weighted by molar-refractivity contribution is 5.95. The van der Waals surface area contributed by atoms with Crippen LogP contribution in [0.15, 0.2) is 53.3 Å². The lowest BCUT2D eigenvalue weighted by Crippen LogP contribution is -2.29. The van der Waals surface area contributed by atoms with E-state index in [-0.39, 0.29) is 22.4 Å². The van der Waals surface area contributed by atoms with Gasteiger partial charge in [-0.3, -0.25) is 19.7 Å². The van der Waals surface area contributed by atoms with E-state index in [9.17, 15) is 19.7 Å². The van der Waals surface area contributed by atoms with Crippen LogP contribution in [0.4, 0.5) is 5.69 Å². The third-order valence-electron chi connectivity index (χ3n) is 6.37. The van der Waals surface area contributed by atoms with Crippen molar-refractivity contribution >= 4 is 11.6 Å². The van der Waals surface area contributed by atoms with E-state index in [0.717, 1.165) is 11.1 Å². The molecule has 0 aromatic heterocycles. The molecule has 0 saturated heterocycles. The van der Waals surface area contributed by atoms with Crippen LogP contribution in [0.3, 0.4) is 0 Å². The van der Waals surface area contributed by atoms with Gasteiger partial charge in [-0.05, 0) is 59.9 Å². The Morgan fingerprint density at radius 2 is 1.59 bits per heavy atom. The van der Waals surface area contributed by atoms with Crippen molar-refractivity contribution in [3.05, 3.63) is 85.6 Å². The second-order valence-electron chi connectivity index (χ2n) is 8.33. The lowest BCUT2D eigenvalue weighted by atomic mass is 9.95. The minimum absolute atomic E-state index is 0.114. The first-order chi connectivity index (χ1) is 17.8. The number of aryl methyl sites for hydroxylation is 1. The maximum atomic E-state index is 13.2. The molecule has 1 aliphatic rings. The van der Waals surface area contributed by atoms with Crippen LogP contribution < -0.4 is 29.7 Å². The predicted octanol–water partition coefficient (Wildman–Crippen LogP) is 4.07. The number of carbonyl (C=O) groups is 1. The second-order valence-corrected chi connectivity index (χ2v) is 8.33. The fraction of sp³-hybridized carbons (Fsp3) is 0.259. The van der Waals surface area contributed by atoms with E-state index in [0.29, 0.717) is 41.2 Å². The van der Waals surface area contributed by atoms with Crippen molar-refractivity contribution in [2.45, 2.75) is 18.9 Å². The van der Waals surface area contributed by atoms with Gasteiger partial charge in [-0.15, -0.1) is 0 Å². The highest BCUT2D eigenvalue weighted by Crippen LogP contribution is 2.50. The summed E-state index contributed by atoms with van der Waals surface area (Å²) in [6.07, 6.45) is 0.990. The van der Waals surface area contributed by atoms with Crippen LogP contribution in [0.5, 0.6) is 23.0 Å². The number of nitrogens with one attached hydrogen (secondary N) is 1. The van der Waals surface area contributed by atoms with Gasteiger partial charge in [0.25, 0.3) is 11.6 Å². The van der Waals surface area contributed by atoms with Crippen LogP contribution in [0.25, 0.3) is 11.1 Å². The van der Waals surface area contributed by atoms with E-state index in [1.165, 1.54) is 58.8 Å². The number of hydrogen-bond donors (Lipinski definition) is 1. The molecule has 3 aromatic carbocycles. The SMILES string of the molecule is COc1cc2c(c(OC)c1OC)-c1ccc(OC)c(=O)cc1[C@H](NC(=O)c1ccc([N+](=O)[O-])cc1)CC2. The van der Waals surface area contributed by atoms with Crippen molar-refractivity contribution in [2.75, 3.05) is 28.4 Å². The van der Waals surface area contributed by atoms with Crippen LogP contribution in [0.2, 0.25) is 0 Å². The summed E-state index contributed by atoms with van der Waals surface area (Å²) in [7, 11) is 5.99. The van der Waals surface area contributed by atoms with Gasteiger partial charge in [-0.2, -0.15) is 0 Å². The minimum Gasteiger partial charge on any atom is -0.493 e. The van der Waals surface area contributed by atoms with Crippen LogP contribution in [-0.4, -0.2) is 39.3 Å². The fourth-order valence-corrected chi connectivity index (χ4v) is 4.59. The third kappa shape index (κ3) is 4.77. The molecule has 0 unspecified atom stereocenters.